The van der Waals surface area contributed by atoms with Gasteiger partial charge in [-0.25, -0.2) is 13.2 Å². The Kier molecular flexibility index (Phi) is 4.47. The second kappa shape index (κ2) is 5.75. The van der Waals surface area contributed by atoms with E-state index in [9.17, 15) is 18.3 Å². The number of benzene rings is 1. The minimum Gasteiger partial charge on any atom is -0.496 e. The van der Waals surface area contributed by atoms with Gasteiger partial charge in [-0.15, -0.1) is 11.8 Å². The van der Waals surface area contributed by atoms with E-state index in [1.807, 2.05) is 6.92 Å². The van der Waals surface area contributed by atoms with Crippen LogP contribution in [0, 0.1) is 6.92 Å². The molecule has 0 aromatic heterocycles. The van der Waals surface area contributed by atoms with Crippen molar-refractivity contribution in [2.45, 2.75) is 35.8 Å². The van der Waals surface area contributed by atoms with Gasteiger partial charge < -0.3 is 9.84 Å². The maximum absolute atomic E-state index is 12.9. The highest BCUT2D eigenvalue weighted by atomic mass is 32.2. The number of hydrogen-bond acceptors (Lipinski definition) is 5. The summed E-state index contributed by atoms with van der Waals surface area (Å²) in [5, 5.41) is 9.37. The van der Waals surface area contributed by atoms with Crippen LogP contribution in [0.4, 0.5) is 0 Å². The predicted molar refractivity (Wildman–Crippen MR) is 84.7 cm³/mol. The summed E-state index contributed by atoms with van der Waals surface area (Å²) in [5.41, 5.74) is 0.681. The molecule has 0 aliphatic carbocycles. The highest BCUT2D eigenvalue weighted by molar-refractivity contribution is 8.03. The molecule has 2 rings (SSSR count). The molecule has 22 heavy (non-hydrogen) atoms. The SMILES string of the molecule is COc1ccc(S(=O)(=O)N2C[C@H](C)S[C@]2(C)C(=O)O)cc1C. The predicted octanol–water partition coefficient (Wildman–Crippen LogP) is 1.93. The van der Waals surface area contributed by atoms with Gasteiger partial charge in [0.1, 0.15) is 5.75 Å². The van der Waals surface area contributed by atoms with Crippen molar-refractivity contribution in [3.8, 4) is 5.75 Å². The molecular formula is C14H19NO5S2. The minimum atomic E-state index is -3.90. The van der Waals surface area contributed by atoms with Crippen LogP contribution in [0.15, 0.2) is 23.1 Å². The van der Waals surface area contributed by atoms with Crippen molar-refractivity contribution >= 4 is 27.8 Å². The standard InChI is InChI=1S/C14H19NO5S2/c1-9-7-11(5-6-12(9)20-4)22(18,19)15-8-10(2)21-14(15,3)13(16)17/h5-7,10H,8H2,1-4H3,(H,16,17)/t10-,14+/m0/s1. The molecule has 2 atom stereocenters. The molecule has 1 aliphatic rings. The molecule has 1 fully saturated rings. The van der Waals surface area contributed by atoms with E-state index in [1.54, 1.807) is 13.0 Å². The van der Waals surface area contributed by atoms with Gasteiger partial charge in [-0.05, 0) is 37.6 Å². The molecule has 1 aromatic carbocycles. The van der Waals surface area contributed by atoms with Crippen LogP contribution < -0.4 is 4.74 Å². The average molecular weight is 345 g/mol. The summed E-state index contributed by atoms with van der Waals surface area (Å²) in [6, 6.07) is 4.52. The van der Waals surface area contributed by atoms with Crippen molar-refractivity contribution in [2.24, 2.45) is 0 Å². The van der Waals surface area contributed by atoms with Crippen molar-refractivity contribution < 1.29 is 23.1 Å². The van der Waals surface area contributed by atoms with Gasteiger partial charge in [0, 0.05) is 11.8 Å². The molecule has 0 bridgehead atoms. The third-order valence-electron chi connectivity index (χ3n) is 3.68. The zero-order valence-corrected chi connectivity index (χ0v) is 14.5. The summed E-state index contributed by atoms with van der Waals surface area (Å²) >= 11 is 1.14. The molecule has 0 amide bonds. The monoisotopic (exact) mass is 345 g/mol. The van der Waals surface area contributed by atoms with Gasteiger partial charge >= 0.3 is 5.97 Å². The van der Waals surface area contributed by atoms with Crippen molar-refractivity contribution in [3.05, 3.63) is 23.8 Å². The van der Waals surface area contributed by atoms with Crippen molar-refractivity contribution in [1.82, 2.24) is 4.31 Å². The van der Waals surface area contributed by atoms with Crippen LogP contribution in [0.2, 0.25) is 0 Å². The number of carboxylic acid groups (broad SMARTS) is 1. The van der Waals surface area contributed by atoms with Crippen LogP contribution in [-0.2, 0) is 14.8 Å². The zero-order valence-electron chi connectivity index (χ0n) is 12.9. The molecule has 1 aromatic rings. The lowest BCUT2D eigenvalue weighted by Gasteiger charge is -2.29. The van der Waals surface area contributed by atoms with E-state index in [0.717, 1.165) is 16.1 Å². The molecule has 6 nitrogen and oxygen atoms in total. The summed E-state index contributed by atoms with van der Waals surface area (Å²) in [5.74, 6) is -0.570. The Morgan fingerprint density at radius 1 is 1.50 bits per heavy atom. The third-order valence-corrected chi connectivity index (χ3v) is 7.15. The first-order valence-electron chi connectivity index (χ1n) is 6.71. The van der Waals surface area contributed by atoms with Crippen molar-refractivity contribution in [3.63, 3.8) is 0 Å². The van der Waals surface area contributed by atoms with E-state index in [1.165, 1.54) is 26.2 Å². The third kappa shape index (κ3) is 2.70. The van der Waals surface area contributed by atoms with Crippen LogP contribution in [0.5, 0.6) is 5.75 Å². The van der Waals surface area contributed by atoms with E-state index in [4.69, 9.17) is 4.74 Å². The highest BCUT2D eigenvalue weighted by Crippen LogP contribution is 2.43. The molecule has 1 aliphatic heterocycles. The van der Waals surface area contributed by atoms with Crippen LogP contribution in [-0.4, -0.2) is 47.6 Å². The van der Waals surface area contributed by atoms with E-state index < -0.39 is 20.9 Å². The van der Waals surface area contributed by atoms with E-state index in [-0.39, 0.29) is 16.7 Å². The Hall–Kier alpha value is -1.25. The van der Waals surface area contributed by atoms with Crippen LogP contribution in [0.25, 0.3) is 0 Å². The van der Waals surface area contributed by atoms with E-state index >= 15 is 0 Å². The number of ether oxygens (including phenoxy) is 1. The number of aliphatic carboxylic acids is 1. The van der Waals surface area contributed by atoms with Gasteiger partial charge in [-0.3, -0.25) is 0 Å². The van der Waals surface area contributed by atoms with Crippen LogP contribution in [0.3, 0.4) is 0 Å². The lowest BCUT2D eigenvalue weighted by atomic mass is 10.2. The van der Waals surface area contributed by atoms with Crippen molar-refractivity contribution in [1.29, 1.82) is 0 Å². The molecule has 1 saturated heterocycles. The topological polar surface area (TPSA) is 83.9 Å². The Labute approximate surface area is 134 Å². The Balaban J connectivity index is 2.50. The maximum Gasteiger partial charge on any atom is 0.335 e. The molecule has 0 unspecified atom stereocenters. The summed E-state index contributed by atoms with van der Waals surface area (Å²) < 4.78 is 31.9. The first-order chi connectivity index (χ1) is 10.1. The Bertz CT molecular complexity index is 703. The number of sulfonamides is 1. The van der Waals surface area contributed by atoms with Gasteiger partial charge in [0.2, 0.25) is 10.0 Å². The number of methoxy groups -OCH3 is 1. The highest BCUT2D eigenvalue weighted by Gasteiger charge is 2.53. The number of thioether (sulfide) groups is 1. The lowest BCUT2D eigenvalue weighted by Crippen LogP contribution is -2.49. The summed E-state index contributed by atoms with van der Waals surface area (Å²) in [7, 11) is -2.38. The minimum absolute atomic E-state index is 0.0768. The molecule has 122 valence electrons. The van der Waals surface area contributed by atoms with Crippen molar-refractivity contribution in [2.75, 3.05) is 13.7 Å². The lowest BCUT2D eigenvalue weighted by molar-refractivity contribution is -0.142. The number of nitrogens with zero attached hydrogens (tertiary/aromatic N) is 1. The Morgan fingerprint density at radius 2 is 2.14 bits per heavy atom. The molecule has 1 heterocycles. The fraction of sp³-hybridized carbons (Fsp3) is 0.500. The summed E-state index contributed by atoms with van der Waals surface area (Å²) in [6.45, 7) is 5.16. The molecule has 1 N–H and O–H groups in total. The van der Waals surface area contributed by atoms with Crippen LogP contribution in [0.1, 0.15) is 19.4 Å². The van der Waals surface area contributed by atoms with Gasteiger partial charge in [-0.1, -0.05) is 6.92 Å². The fourth-order valence-corrected chi connectivity index (χ4v) is 6.11. The molecule has 0 radical (unpaired) electrons. The molecule has 0 saturated carbocycles. The largest absolute Gasteiger partial charge is 0.496 e. The molecular weight excluding hydrogens is 326 g/mol. The van der Waals surface area contributed by atoms with Gasteiger partial charge in [-0.2, -0.15) is 4.31 Å². The second-order valence-corrected chi connectivity index (χ2v) is 9.08. The van der Waals surface area contributed by atoms with Gasteiger partial charge in [0.25, 0.3) is 0 Å². The van der Waals surface area contributed by atoms with E-state index in [0.29, 0.717) is 11.3 Å². The summed E-state index contributed by atoms with van der Waals surface area (Å²) in [6.07, 6.45) is 0. The maximum atomic E-state index is 12.9. The first-order valence-corrected chi connectivity index (χ1v) is 9.03. The first kappa shape index (κ1) is 17.1. The quantitative estimate of drug-likeness (QED) is 0.898. The number of aryl methyl sites for hydroxylation is 1. The molecule has 8 heteroatoms. The second-order valence-electron chi connectivity index (χ2n) is 5.38. The average Bonchev–Trinajstić information content (AvgIpc) is 2.76. The zero-order chi connectivity index (χ0) is 16.7. The normalized spacial score (nSPS) is 26.1. The number of rotatable bonds is 4. The van der Waals surface area contributed by atoms with Gasteiger partial charge in [0.15, 0.2) is 4.87 Å². The number of hydrogen-bond donors (Lipinski definition) is 1. The fourth-order valence-electron chi connectivity index (χ4n) is 2.52. The molecule has 0 spiro atoms. The number of carbonyl (C=O) groups is 1. The number of carboxylic acids is 1. The summed E-state index contributed by atoms with van der Waals surface area (Å²) in [4.78, 5) is 10.2. The van der Waals surface area contributed by atoms with Crippen LogP contribution >= 0.6 is 11.8 Å². The van der Waals surface area contributed by atoms with E-state index in [2.05, 4.69) is 0 Å². The Morgan fingerprint density at radius 3 is 2.64 bits per heavy atom. The smallest absolute Gasteiger partial charge is 0.335 e. The van der Waals surface area contributed by atoms with Gasteiger partial charge in [0.05, 0.1) is 12.0 Å².